The summed E-state index contributed by atoms with van der Waals surface area (Å²) in [7, 11) is 0. The highest BCUT2D eigenvalue weighted by molar-refractivity contribution is 9.10. The van der Waals surface area contributed by atoms with Gasteiger partial charge in [-0.05, 0) is 54.4 Å². The van der Waals surface area contributed by atoms with Crippen molar-refractivity contribution in [2.75, 3.05) is 13.1 Å². The fourth-order valence-corrected chi connectivity index (χ4v) is 1.82. The highest BCUT2D eigenvalue weighted by Gasteiger charge is 2.15. The average Bonchev–Trinajstić information content (AvgIpc) is 2.37. The number of alkyl carbamates (subject to hydrolysis) is 1. The number of carbonyl (C=O) groups is 2. The molecular weight excluding hydrogens is 355 g/mol. The molecule has 22 heavy (non-hydrogen) atoms. The molecule has 0 saturated carbocycles. The first kappa shape index (κ1) is 18.4. The van der Waals surface area contributed by atoms with Gasteiger partial charge in [0.2, 0.25) is 5.91 Å². The number of rotatable bonds is 5. The van der Waals surface area contributed by atoms with Gasteiger partial charge in [-0.2, -0.15) is 0 Å². The summed E-state index contributed by atoms with van der Waals surface area (Å²) < 4.78 is 18.7. The van der Waals surface area contributed by atoms with E-state index in [4.69, 9.17) is 4.74 Å². The zero-order valence-electron chi connectivity index (χ0n) is 12.8. The fraction of sp³-hybridized carbons (Fsp3) is 0.467. The Morgan fingerprint density at radius 3 is 2.45 bits per heavy atom. The van der Waals surface area contributed by atoms with E-state index in [1.54, 1.807) is 32.9 Å². The summed E-state index contributed by atoms with van der Waals surface area (Å²) in [5.41, 5.74) is 0.0252. The maximum absolute atomic E-state index is 13.3. The normalized spacial score (nSPS) is 11.0. The monoisotopic (exact) mass is 374 g/mol. The second-order valence-corrected chi connectivity index (χ2v) is 6.56. The minimum absolute atomic E-state index is 0.0800. The molecule has 1 aromatic carbocycles. The summed E-state index contributed by atoms with van der Waals surface area (Å²) in [5, 5.41) is 5.17. The van der Waals surface area contributed by atoms with Crippen molar-refractivity contribution in [1.29, 1.82) is 0 Å². The van der Waals surface area contributed by atoms with Gasteiger partial charge < -0.3 is 15.4 Å². The third-order valence-electron chi connectivity index (χ3n) is 2.46. The van der Waals surface area contributed by atoms with Crippen LogP contribution >= 0.6 is 15.9 Å². The van der Waals surface area contributed by atoms with Gasteiger partial charge in [0.05, 0.1) is 10.9 Å². The number of hydrogen-bond acceptors (Lipinski definition) is 3. The van der Waals surface area contributed by atoms with Crippen LogP contribution in [-0.4, -0.2) is 30.7 Å². The van der Waals surface area contributed by atoms with Crippen LogP contribution in [0.2, 0.25) is 0 Å². The molecule has 0 bridgehead atoms. The summed E-state index contributed by atoms with van der Waals surface area (Å²) in [6.07, 6.45) is -0.451. The molecule has 0 heterocycles. The van der Waals surface area contributed by atoms with Crippen molar-refractivity contribution < 1.29 is 18.7 Å². The Morgan fingerprint density at radius 1 is 1.23 bits per heavy atom. The van der Waals surface area contributed by atoms with Gasteiger partial charge in [-0.1, -0.05) is 6.07 Å². The number of ether oxygens (including phenoxy) is 1. The van der Waals surface area contributed by atoms with E-state index in [1.807, 2.05) is 0 Å². The molecule has 2 N–H and O–H groups in total. The van der Waals surface area contributed by atoms with Crippen LogP contribution < -0.4 is 10.6 Å². The van der Waals surface area contributed by atoms with Crippen LogP contribution in [0, 0.1) is 5.82 Å². The molecule has 122 valence electrons. The Labute approximate surface area is 137 Å². The van der Waals surface area contributed by atoms with E-state index in [1.165, 1.54) is 6.07 Å². The topological polar surface area (TPSA) is 67.4 Å². The maximum Gasteiger partial charge on any atom is 0.407 e. The lowest BCUT2D eigenvalue weighted by Gasteiger charge is -2.19. The fourth-order valence-electron chi connectivity index (χ4n) is 1.58. The van der Waals surface area contributed by atoms with Crippen LogP contribution in [-0.2, 0) is 16.0 Å². The van der Waals surface area contributed by atoms with Gasteiger partial charge in [0.15, 0.2) is 0 Å². The second-order valence-electron chi connectivity index (χ2n) is 5.70. The van der Waals surface area contributed by atoms with Gasteiger partial charge in [-0.15, -0.1) is 0 Å². The molecule has 0 atom stereocenters. The Bertz CT molecular complexity index is 544. The Kier molecular flexibility index (Phi) is 6.80. The highest BCUT2D eigenvalue weighted by atomic mass is 79.9. The lowest BCUT2D eigenvalue weighted by atomic mass is 10.1. The van der Waals surface area contributed by atoms with E-state index in [0.717, 1.165) is 0 Å². The molecular formula is C15H20BrFN2O3. The lowest BCUT2D eigenvalue weighted by molar-refractivity contribution is -0.120. The van der Waals surface area contributed by atoms with Crippen molar-refractivity contribution in [2.24, 2.45) is 0 Å². The predicted octanol–water partition coefficient (Wildman–Crippen LogP) is 2.77. The molecule has 7 heteroatoms. The first-order chi connectivity index (χ1) is 10.2. The predicted molar refractivity (Wildman–Crippen MR) is 85.1 cm³/mol. The van der Waals surface area contributed by atoms with E-state index in [0.29, 0.717) is 10.0 Å². The van der Waals surface area contributed by atoms with Crippen LogP contribution in [0.3, 0.4) is 0 Å². The first-order valence-corrected chi connectivity index (χ1v) is 7.64. The second kappa shape index (κ2) is 8.12. The van der Waals surface area contributed by atoms with Gasteiger partial charge in [-0.25, -0.2) is 9.18 Å². The van der Waals surface area contributed by atoms with Crippen molar-refractivity contribution in [1.82, 2.24) is 10.6 Å². The molecule has 1 aromatic rings. The average molecular weight is 375 g/mol. The molecule has 0 radical (unpaired) electrons. The smallest absolute Gasteiger partial charge is 0.407 e. The zero-order chi connectivity index (χ0) is 16.8. The van der Waals surface area contributed by atoms with Gasteiger partial charge in [0, 0.05) is 13.1 Å². The van der Waals surface area contributed by atoms with Crippen molar-refractivity contribution in [3.8, 4) is 0 Å². The Hall–Kier alpha value is -1.63. The third-order valence-corrected chi connectivity index (χ3v) is 3.11. The summed E-state index contributed by atoms with van der Waals surface area (Å²) in [6, 6.07) is 4.54. The Balaban J connectivity index is 2.26. The summed E-state index contributed by atoms with van der Waals surface area (Å²) in [4.78, 5) is 23.1. The van der Waals surface area contributed by atoms with Crippen molar-refractivity contribution in [3.63, 3.8) is 0 Å². The highest BCUT2D eigenvalue weighted by Crippen LogP contribution is 2.16. The van der Waals surface area contributed by atoms with Gasteiger partial charge >= 0.3 is 6.09 Å². The van der Waals surface area contributed by atoms with E-state index in [-0.39, 0.29) is 25.4 Å². The number of amides is 2. The molecule has 1 rings (SSSR count). The third kappa shape index (κ3) is 7.40. The summed E-state index contributed by atoms with van der Waals surface area (Å²) in [6.45, 7) is 5.84. The number of halogens is 2. The van der Waals surface area contributed by atoms with Gasteiger partial charge in [0.1, 0.15) is 11.4 Å². The molecule has 2 amide bonds. The van der Waals surface area contributed by atoms with Crippen LogP contribution in [0.4, 0.5) is 9.18 Å². The standard InChI is InChI=1S/C15H20BrFN2O3/c1-15(2,3)22-14(21)19-7-6-18-13(20)9-10-4-5-11(16)12(17)8-10/h4-5,8H,6-7,9H2,1-3H3,(H,18,20)(H,19,21). The van der Waals surface area contributed by atoms with Crippen LogP contribution in [0.5, 0.6) is 0 Å². The molecule has 0 aliphatic carbocycles. The molecule has 0 saturated heterocycles. The van der Waals surface area contributed by atoms with Crippen LogP contribution in [0.25, 0.3) is 0 Å². The quantitative estimate of drug-likeness (QED) is 0.778. The van der Waals surface area contributed by atoms with E-state index >= 15 is 0 Å². The van der Waals surface area contributed by atoms with Gasteiger partial charge in [0.25, 0.3) is 0 Å². The molecule has 0 aromatic heterocycles. The largest absolute Gasteiger partial charge is 0.444 e. The minimum atomic E-state index is -0.557. The number of nitrogens with one attached hydrogen (secondary N) is 2. The molecule has 0 spiro atoms. The van der Waals surface area contributed by atoms with Gasteiger partial charge in [-0.3, -0.25) is 4.79 Å². The SMILES string of the molecule is CC(C)(C)OC(=O)NCCNC(=O)Cc1ccc(Br)c(F)c1. The number of carbonyl (C=O) groups excluding carboxylic acids is 2. The van der Waals surface area contributed by atoms with Crippen molar-refractivity contribution >= 4 is 27.9 Å². The Morgan fingerprint density at radius 2 is 1.86 bits per heavy atom. The first-order valence-electron chi connectivity index (χ1n) is 6.85. The molecule has 5 nitrogen and oxygen atoms in total. The van der Waals surface area contributed by atoms with Crippen LogP contribution in [0.15, 0.2) is 22.7 Å². The van der Waals surface area contributed by atoms with Crippen molar-refractivity contribution in [3.05, 3.63) is 34.1 Å². The number of benzene rings is 1. The van der Waals surface area contributed by atoms with E-state index < -0.39 is 17.5 Å². The molecule has 0 aliphatic heterocycles. The minimum Gasteiger partial charge on any atom is -0.444 e. The van der Waals surface area contributed by atoms with E-state index in [2.05, 4.69) is 26.6 Å². The number of hydrogen-bond donors (Lipinski definition) is 2. The lowest BCUT2D eigenvalue weighted by Crippen LogP contribution is -2.38. The molecule has 0 aliphatic rings. The zero-order valence-corrected chi connectivity index (χ0v) is 14.4. The van der Waals surface area contributed by atoms with Crippen LogP contribution in [0.1, 0.15) is 26.3 Å². The molecule has 0 fully saturated rings. The summed E-state index contributed by atoms with van der Waals surface area (Å²) in [5.74, 6) is -0.649. The summed E-state index contributed by atoms with van der Waals surface area (Å²) >= 11 is 3.05. The maximum atomic E-state index is 13.3. The van der Waals surface area contributed by atoms with E-state index in [9.17, 15) is 14.0 Å². The van der Waals surface area contributed by atoms with Crippen molar-refractivity contribution in [2.45, 2.75) is 32.8 Å². The molecule has 0 unspecified atom stereocenters.